The molecule has 134 valence electrons. The molecule has 1 saturated carbocycles. The molecule has 1 atom stereocenters. The van der Waals surface area contributed by atoms with Crippen LogP contribution >= 0.6 is 11.8 Å². The third-order valence-electron chi connectivity index (χ3n) is 4.75. The van der Waals surface area contributed by atoms with E-state index >= 15 is 0 Å². The number of hydrogen-bond donors (Lipinski definition) is 1. The van der Waals surface area contributed by atoms with Crippen molar-refractivity contribution in [2.75, 3.05) is 5.32 Å². The first-order valence-corrected chi connectivity index (χ1v) is 9.88. The number of benzene rings is 1. The van der Waals surface area contributed by atoms with Crippen molar-refractivity contribution in [2.24, 2.45) is 0 Å². The molecular weight excluding hydrogens is 332 g/mol. The summed E-state index contributed by atoms with van der Waals surface area (Å²) in [4.78, 5) is 12.5. The van der Waals surface area contributed by atoms with Gasteiger partial charge in [-0.15, -0.1) is 10.2 Å². The van der Waals surface area contributed by atoms with E-state index in [9.17, 15) is 4.79 Å². The van der Waals surface area contributed by atoms with E-state index in [2.05, 4.69) is 20.1 Å². The molecule has 1 aliphatic carbocycles. The van der Waals surface area contributed by atoms with Crippen molar-refractivity contribution in [2.45, 2.75) is 69.3 Å². The Hall–Kier alpha value is -1.82. The maximum Gasteiger partial charge on any atom is 0.237 e. The average molecular weight is 359 g/mol. The second-order valence-corrected chi connectivity index (χ2v) is 8.11. The molecule has 1 N–H and O–H groups in total. The molecule has 1 aromatic carbocycles. The molecule has 0 bridgehead atoms. The summed E-state index contributed by atoms with van der Waals surface area (Å²) in [5.41, 5.74) is 2.00. The van der Waals surface area contributed by atoms with Crippen LogP contribution in [0.5, 0.6) is 0 Å². The van der Waals surface area contributed by atoms with Gasteiger partial charge in [0.2, 0.25) is 5.91 Å². The van der Waals surface area contributed by atoms with Crippen molar-refractivity contribution < 1.29 is 4.79 Å². The van der Waals surface area contributed by atoms with Crippen molar-refractivity contribution >= 4 is 23.4 Å². The van der Waals surface area contributed by atoms with Gasteiger partial charge in [-0.05, 0) is 45.7 Å². The summed E-state index contributed by atoms with van der Waals surface area (Å²) in [5, 5.41) is 12.2. The van der Waals surface area contributed by atoms with Gasteiger partial charge in [-0.3, -0.25) is 4.79 Å². The summed E-state index contributed by atoms with van der Waals surface area (Å²) >= 11 is 1.49. The lowest BCUT2D eigenvalue weighted by atomic mass is 9.95. The predicted molar refractivity (Wildman–Crippen MR) is 102 cm³/mol. The van der Waals surface area contributed by atoms with Crippen molar-refractivity contribution in [3.63, 3.8) is 0 Å². The first-order chi connectivity index (χ1) is 12.0. The number of hydrogen-bond acceptors (Lipinski definition) is 4. The summed E-state index contributed by atoms with van der Waals surface area (Å²) in [5.74, 6) is 0.935. The molecule has 25 heavy (non-hydrogen) atoms. The number of carbonyl (C=O) groups excluding carboxylic acids is 1. The molecule has 1 fully saturated rings. The number of nitrogens with one attached hydrogen (secondary N) is 1. The van der Waals surface area contributed by atoms with Gasteiger partial charge in [-0.1, -0.05) is 48.7 Å². The van der Waals surface area contributed by atoms with E-state index < -0.39 is 0 Å². The molecule has 5 nitrogen and oxygen atoms in total. The minimum atomic E-state index is -0.229. The van der Waals surface area contributed by atoms with Crippen LogP contribution < -0.4 is 5.32 Å². The van der Waals surface area contributed by atoms with Crippen molar-refractivity contribution in [1.29, 1.82) is 0 Å². The Bertz CT molecular complexity index is 720. The Morgan fingerprint density at radius 1 is 1.16 bits per heavy atom. The molecule has 0 spiro atoms. The average Bonchev–Trinajstić information content (AvgIpc) is 2.98. The highest BCUT2D eigenvalue weighted by atomic mass is 32.2. The molecule has 1 aromatic heterocycles. The number of anilines is 1. The monoisotopic (exact) mass is 358 g/mol. The van der Waals surface area contributed by atoms with Crippen LogP contribution in [0.2, 0.25) is 0 Å². The number of rotatable bonds is 5. The van der Waals surface area contributed by atoms with Crippen LogP contribution in [0, 0.1) is 13.8 Å². The Morgan fingerprint density at radius 2 is 1.84 bits per heavy atom. The van der Waals surface area contributed by atoms with E-state index in [0.717, 1.165) is 16.7 Å². The summed E-state index contributed by atoms with van der Waals surface area (Å²) in [6.07, 6.45) is 6.19. The molecule has 2 aromatic rings. The van der Waals surface area contributed by atoms with Crippen LogP contribution in [0.15, 0.2) is 29.4 Å². The maximum absolute atomic E-state index is 12.5. The van der Waals surface area contributed by atoms with E-state index in [4.69, 9.17) is 0 Å². The van der Waals surface area contributed by atoms with Gasteiger partial charge in [-0.2, -0.15) is 0 Å². The zero-order valence-corrected chi connectivity index (χ0v) is 16.0. The Kier molecular flexibility index (Phi) is 5.78. The van der Waals surface area contributed by atoms with E-state index in [-0.39, 0.29) is 11.2 Å². The molecule has 0 radical (unpaired) electrons. The lowest BCUT2D eigenvalue weighted by Gasteiger charge is -2.25. The highest BCUT2D eigenvalue weighted by molar-refractivity contribution is 8.00. The second kappa shape index (κ2) is 8.04. The molecule has 1 aliphatic rings. The largest absolute Gasteiger partial charge is 0.325 e. The zero-order valence-electron chi connectivity index (χ0n) is 15.2. The van der Waals surface area contributed by atoms with Crippen molar-refractivity contribution in [3.05, 3.63) is 35.7 Å². The molecular formula is C19H26N4OS. The minimum absolute atomic E-state index is 0.00954. The standard InChI is InChI=1S/C19H26N4OS/c1-13-9-11-16(12-10-13)20-18(24)14(2)25-19-22-21-15(3)23(19)17-7-5-4-6-8-17/h9-12,14,17H,4-8H2,1-3H3,(H,20,24)/t14-/m1/s1. The first-order valence-electron chi connectivity index (χ1n) is 9.00. The Labute approximate surface area is 153 Å². The topological polar surface area (TPSA) is 59.8 Å². The number of amides is 1. The van der Waals surface area contributed by atoms with Gasteiger partial charge in [0.15, 0.2) is 5.16 Å². The van der Waals surface area contributed by atoms with Crippen LogP contribution in [0.25, 0.3) is 0 Å². The van der Waals surface area contributed by atoms with Crippen LogP contribution in [-0.4, -0.2) is 25.9 Å². The van der Waals surface area contributed by atoms with Crippen LogP contribution in [0.4, 0.5) is 5.69 Å². The SMILES string of the molecule is Cc1ccc(NC(=O)[C@@H](C)Sc2nnc(C)n2C2CCCCC2)cc1. The zero-order chi connectivity index (χ0) is 17.8. The highest BCUT2D eigenvalue weighted by Gasteiger charge is 2.24. The molecule has 0 saturated heterocycles. The van der Waals surface area contributed by atoms with E-state index in [1.54, 1.807) is 0 Å². The van der Waals surface area contributed by atoms with Crippen molar-refractivity contribution in [3.8, 4) is 0 Å². The summed E-state index contributed by atoms with van der Waals surface area (Å²) in [6, 6.07) is 8.32. The Balaban J connectivity index is 1.67. The van der Waals surface area contributed by atoms with Crippen LogP contribution in [0.3, 0.4) is 0 Å². The van der Waals surface area contributed by atoms with Gasteiger partial charge in [0, 0.05) is 11.7 Å². The fourth-order valence-corrected chi connectivity index (χ4v) is 4.25. The van der Waals surface area contributed by atoms with Gasteiger partial charge in [0.25, 0.3) is 0 Å². The summed E-state index contributed by atoms with van der Waals surface area (Å²) < 4.78 is 2.24. The highest BCUT2D eigenvalue weighted by Crippen LogP contribution is 2.33. The van der Waals surface area contributed by atoms with Gasteiger partial charge in [0.1, 0.15) is 5.82 Å². The van der Waals surface area contributed by atoms with E-state index in [0.29, 0.717) is 6.04 Å². The van der Waals surface area contributed by atoms with Gasteiger partial charge < -0.3 is 9.88 Å². The fourth-order valence-electron chi connectivity index (χ4n) is 3.28. The number of aryl methyl sites for hydroxylation is 2. The van der Waals surface area contributed by atoms with Gasteiger partial charge in [-0.25, -0.2) is 0 Å². The maximum atomic E-state index is 12.5. The third-order valence-corrected chi connectivity index (χ3v) is 5.80. The summed E-state index contributed by atoms with van der Waals surface area (Å²) in [7, 11) is 0. The smallest absolute Gasteiger partial charge is 0.237 e. The lowest BCUT2D eigenvalue weighted by Crippen LogP contribution is -2.23. The molecule has 0 aliphatic heterocycles. The number of thioether (sulfide) groups is 1. The van der Waals surface area contributed by atoms with E-state index in [1.807, 2.05) is 45.0 Å². The first kappa shape index (κ1) is 18.0. The van der Waals surface area contributed by atoms with Crippen LogP contribution in [0.1, 0.15) is 56.5 Å². The van der Waals surface area contributed by atoms with Crippen LogP contribution in [-0.2, 0) is 4.79 Å². The molecule has 1 amide bonds. The number of carbonyl (C=O) groups is 1. The van der Waals surface area contributed by atoms with Gasteiger partial charge >= 0.3 is 0 Å². The second-order valence-electron chi connectivity index (χ2n) is 6.81. The molecule has 1 heterocycles. The summed E-state index contributed by atoms with van der Waals surface area (Å²) in [6.45, 7) is 5.95. The van der Waals surface area contributed by atoms with Gasteiger partial charge in [0.05, 0.1) is 5.25 Å². The number of nitrogens with zero attached hydrogens (tertiary/aromatic N) is 3. The number of aromatic nitrogens is 3. The molecule has 0 unspecified atom stereocenters. The fraction of sp³-hybridized carbons (Fsp3) is 0.526. The van der Waals surface area contributed by atoms with Crippen molar-refractivity contribution in [1.82, 2.24) is 14.8 Å². The third kappa shape index (κ3) is 4.42. The predicted octanol–water partition coefficient (Wildman–Crippen LogP) is 4.52. The lowest BCUT2D eigenvalue weighted by molar-refractivity contribution is -0.115. The quantitative estimate of drug-likeness (QED) is 0.798. The minimum Gasteiger partial charge on any atom is -0.325 e. The molecule has 3 rings (SSSR count). The van der Waals surface area contributed by atoms with E-state index in [1.165, 1.54) is 49.4 Å². The normalized spacial score (nSPS) is 16.6. The molecule has 6 heteroatoms. The Morgan fingerprint density at radius 3 is 2.52 bits per heavy atom.